The van der Waals surface area contributed by atoms with Gasteiger partial charge in [0.2, 0.25) is 0 Å². The van der Waals surface area contributed by atoms with Gasteiger partial charge in [0, 0.05) is 0 Å². The molecule has 0 aliphatic heterocycles. The molecule has 0 amide bonds. The third kappa shape index (κ3) is 3.88. The predicted molar refractivity (Wildman–Crippen MR) is 107 cm³/mol. The Bertz CT molecular complexity index is 896. The maximum absolute atomic E-state index is 10.9. The monoisotopic (exact) mass is 412 g/mol. The van der Waals surface area contributed by atoms with Crippen molar-refractivity contribution < 1.29 is 9.90 Å². The van der Waals surface area contributed by atoms with E-state index in [9.17, 15) is 4.79 Å². The Labute approximate surface area is 162 Å². The Morgan fingerprint density at radius 1 is 0.962 bits per heavy atom. The van der Waals surface area contributed by atoms with E-state index in [2.05, 4.69) is 56.6 Å². The number of aromatic carboxylic acids is 1. The third-order valence-corrected chi connectivity index (χ3v) is 6.78. The molecule has 134 valence electrons. The SMILES string of the molecule is CC1(C)CCC(C)(C)c2cc([Se]C#Cc3ccc(C(=O)O)cc3)ccc21. The summed E-state index contributed by atoms with van der Waals surface area (Å²) in [6.45, 7) is 9.36. The molecule has 1 aliphatic carbocycles. The van der Waals surface area contributed by atoms with Gasteiger partial charge in [-0.2, -0.15) is 0 Å². The van der Waals surface area contributed by atoms with Gasteiger partial charge in [0.15, 0.2) is 0 Å². The van der Waals surface area contributed by atoms with Crippen LogP contribution in [0.2, 0.25) is 0 Å². The molecule has 1 N–H and O–H groups in total. The van der Waals surface area contributed by atoms with Crippen molar-refractivity contribution in [2.45, 2.75) is 51.4 Å². The van der Waals surface area contributed by atoms with Crippen LogP contribution in [-0.2, 0) is 10.8 Å². The van der Waals surface area contributed by atoms with Gasteiger partial charge in [-0.3, -0.25) is 0 Å². The molecule has 2 nitrogen and oxygen atoms in total. The molecule has 0 bridgehead atoms. The minimum absolute atomic E-state index is 0.0815. The second-order valence-corrected chi connectivity index (χ2v) is 10.0. The molecule has 0 unspecified atom stereocenters. The number of carboxylic acid groups (broad SMARTS) is 1. The number of hydrogen-bond acceptors (Lipinski definition) is 1. The maximum atomic E-state index is 10.9. The second-order valence-electron chi connectivity index (χ2n) is 8.19. The molecular formula is C23H24O2Se. The van der Waals surface area contributed by atoms with E-state index in [1.807, 2.05) is 0 Å². The first-order valence-electron chi connectivity index (χ1n) is 8.85. The molecule has 0 spiro atoms. The quantitative estimate of drug-likeness (QED) is 0.598. The summed E-state index contributed by atoms with van der Waals surface area (Å²) in [5, 5.41) is 8.94. The topological polar surface area (TPSA) is 37.3 Å². The molecule has 3 heteroatoms. The van der Waals surface area contributed by atoms with Gasteiger partial charge >= 0.3 is 162 Å². The zero-order valence-corrected chi connectivity index (χ0v) is 17.4. The van der Waals surface area contributed by atoms with E-state index >= 15 is 0 Å². The van der Waals surface area contributed by atoms with Gasteiger partial charge in [-0.1, -0.05) is 0 Å². The summed E-state index contributed by atoms with van der Waals surface area (Å²) in [5.74, 6) is 2.25. The van der Waals surface area contributed by atoms with Crippen LogP contribution >= 0.6 is 0 Å². The van der Waals surface area contributed by atoms with Gasteiger partial charge in [0.25, 0.3) is 0 Å². The van der Waals surface area contributed by atoms with E-state index in [1.165, 1.54) is 28.4 Å². The van der Waals surface area contributed by atoms with E-state index in [0.717, 1.165) is 5.56 Å². The fourth-order valence-corrected chi connectivity index (χ4v) is 4.73. The minimum atomic E-state index is -0.909. The van der Waals surface area contributed by atoms with Gasteiger partial charge in [-0.15, -0.1) is 0 Å². The Morgan fingerprint density at radius 2 is 1.58 bits per heavy atom. The van der Waals surface area contributed by atoms with Gasteiger partial charge in [-0.05, 0) is 0 Å². The fourth-order valence-electron chi connectivity index (χ4n) is 3.47. The van der Waals surface area contributed by atoms with Gasteiger partial charge in [0.05, 0.1) is 0 Å². The van der Waals surface area contributed by atoms with Crippen molar-refractivity contribution in [2.24, 2.45) is 0 Å². The molecule has 0 saturated carbocycles. The molecule has 2 aromatic rings. The van der Waals surface area contributed by atoms with Crippen LogP contribution in [0, 0.1) is 10.7 Å². The second kappa shape index (κ2) is 6.95. The van der Waals surface area contributed by atoms with Crippen molar-refractivity contribution >= 4 is 25.4 Å². The van der Waals surface area contributed by atoms with Crippen LogP contribution in [0.25, 0.3) is 0 Å². The van der Waals surface area contributed by atoms with Crippen molar-refractivity contribution in [2.75, 3.05) is 0 Å². The standard InChI is InChI=1S/C23H24O2Se/c1-22(2)12-13-23(3,4)20-15-18(9-10-19(20)22)26-14-11-16-5-7-17(8-6-16)21(24)25/h5-10,15H,12-13H2,1-4H3,(H,24,25). The summed E-state index contributed by atoms with van der Waals surface area (Å²) in [4.78, 5) is 14.2. The summed E-state index contributed by atoms with van der Waals surface area (Å²) in [5.41, 5.74) is 4.56. The number of carbonyl (C=O) groups is 1. The average molecular weight is 411 g/mol. The fraction of sp³-hybridized carbons (Fsp3) is 0.348. The first kappa shape index (κ1) is 18.8. The summed E-state index contributed by atoms with van der Waals surface area (Å²) >= 11 is 0.0815. The molecule has 2 aromatic carbocycles. The van der Waals surface area contributed by atoms with Crippen LogP contribution in [0.3, 0.4) is 0 Å². The van der Waals surface area contributed by atoms with E-state index in [4.69, 9.17) is 5.11 Å². The Kier molecular flexibility index (Phi) is 5.02. The number of fused-ring (bicyclic) bond motifs is 1. The van der Waals surface area contributed by atoms with E-state index < -0.39 is 5.97 Å². The number of hydrogen-bond donors (Lipinski definition) is 1. The zero-order chi connectivity index (χ0) is 18.9. The molecule has 0 saturated heterocycles. The van der Waals surface area contributed by atoms with Crippen molar-refractivity contribution in [3.63, 3.8) is 0 Å². The number of carboxylic acids is 1. The Balaban J connectivity index is 1.81. The zero-order valence-electron chi connectivity index (χ0n) is 15.7. The molecule has 0 aromatic heterocycles. The molecule has 1 aliphatic rings. The van der Waals surface area contributed by atoms with Crippen LogP contribution < -0.4 is 4.46 Å². The number of benzene rings is 2. The molecule has 0 fully saturated rings. The molecule has 0 heterocycles. The van der Waals surface area contributed by atoms with Gasteiger partial charge in [-0.25, -0.2) is 0 Å². The van der Waals surface area contributed by atoms with Crippen LogP contribution in [-0.4, -0.2) is 26.0 Å². The van der Waals surface area contributed by atoms with Gasteiger partial charge < -0.3 is 0 Å². The predicted octanol–water partition coefficient (Wildman–Crippen LogP) is 4.07. The summed E-state index contributed by atoms with van der Waals surface area (Å²) < 4.78 is 1.30. The normalized spacial score (nSPS) is 16.9. The van der Waals surface area contributed by atoms with Crippen molar-refractivity contribution in [3.8, 4) is 10.7 Å². The van der Waals surface area contributed by atoms with Crippen molar-refractivity contribution in [1.29, 1.82) is 0 Å². The van der Waals surface area contributed by atoms with E-state index in [1.54, 1.807) is 24.3 Å². The van der Waals surface area contributed by atoms with Crippen molar-refractivity contribution in [3.05, 3.63) is 64.7 Å². The van der Waals surface area contributed by atoms with Crippen molar-refractivity contribution in [1.82, 2.24) is 0 Å². The Hall–Kier alpha value is -2.01. The molecule has 26 heavy (non-hydrogen) atoms. The summed E-state index contributed by atoms with van der Waals surface area (Å²) in [6.07, 6.45) is 2.44. The molecule has 0 atom stereocenters. The Morgan fingerprint density at radius 3 is 2.19 bits per heavy atom. The van der Waals surface area contributed by atoms with E-state index in [-0.39, 0.29) is 25.8 Å². The first-order valence-corrected chi connectivity index (χ1v) is 10.6. The van der Waals surface area contributed by atoms with Crippen LogP contribution in [0.5, 0.6) is 0 Å². The molecule has 0 radical (unpaired) electrons. The number of rotatable bonds is 2. The van der Waals surface area contributed by atoms with Crippen LogP contribution in [0.1, 0.15) is 67.6 Å². The summed E-state index contributed by atoms with van der Waals surface area (Å²) in [7, 11) is 0. The van der Waals surface area contributed by atoms with Gasteiger partial charge in [0.1, 0.15) is 0 Å². The molecule has 3 rings (SSSR count). The summed E-state index contributed by atoms with van der Waals surface area (Å²) in [6, 6.07) is 13.6. The van der Waals surface area contributed by atoms with Crippen LogP contribution in [0.15, 0.2) is 42.5 Å². The van der Waals surface area contributed by atoms with Crippen LogP contribution in [0.4, 0.5) is 0 Å². The third-order valence-electron chi connectivity index (χ3n) is 5.32. The molecular weight excluding hydrogens is 387 g/mol. The van der Waals surface area contributed by atoms with E-state index in [0.29, 0.717) is 5.56 Å². The average Bonchev–Trinajstić information content (AvgIpc) is 2.59. The first-order chi connectivity index (χ1) is 12.2.